The van der Waals surface area contributed by atoms with Crippen LogP contribution in [0.25, 0.3) is 6.08 Å². The fourth-order valence-corrected chi connectivity index (χ4v) is 5.08. The molecule has 4 rings (SSSR count). The number of anilines is 1. The molecule has 0 radical (unpaired) electrons. The fourth-order valence-electron chi connectivity index (χ4n) is 5.08. The van der Waals surface area contributed by atoms with E-state index in [0.29, 0.717) is 11.7 Å². The van der Waals surface area contributed by atoms with Crippen molar-refractivity contribution in [2.75, 3.05) is 18.6 Å². The molecular weight excluding hydrogens is 421 g/mol. The van der Waals surface area contributed by atoms with Gasteiger partial charge in [-0.25, -0.2) is 9.18 Å². The van der Waals surface area contributed by atoms with Crippen molar-refractivity contribution >= 4 is 23.7 Å². The summed E-state index contributed by atoms with van der Waals surface area (Å²) in [7, 11) is 1.59. The number of imide groups is 1. The number of hydrogen-bond acceptors (Lipinski definition) is 4. The summed E-state index contributed by atoms with van der Waals surface area (Å²) in [4.78, 5) is 28.8. The Balaban J connectivity index is 1.69. The summed E-state index contributed by atoms with van der Waals surface area (Å²) in [5.41, 5.74) is 3.48. The van der Waals surface area contributed by atoms with Crippen molar-refractivity contribution in [2.24, 2.45) is 0 Å². The molecule has 1 saturated heterocycles. The molecule has 7 heteroatoms. The Labute approximate surface area is 194 Å². The molecule has 1 atom stereocenters. The van der Waals surface area contributed by atoms with Crippen LogP contribution in [0, 0.1) is 5.82 Å². The average Bonchev–Trinajstić information content (AvgIpc) is 3.02. The summed E-state index contributed by atoms with van der Waals surface area (Å²) in [6.45, 7) is 9.57. The highest BCUT2D eigenvalue weighted by molar-refractivity contribution is 6.14. The molecule has 2 heterocycles. The summed E-state index contributed by atoms with van der Waals surface area (Å²) in [6.07, 6.45) is 2.64. The molecule has 2 aromatic rings. The van der Waals surface area contributed by atoms with Crippen LogP contribution in [0.15, 0.2) is 42.1 Å². The summed E-state index contributed by atoms with van der Waals surface area (Å²) in [6, 6.07) is 9.60. The average molecular weight is 452 g/mol. The molecule has 0 bridgehead atoms. The van der Waals surface area contributed by atoms with E-state index in [2.05, 4.69) is 37.9 Å². The van der Waals surface area contributed by atoms with Gasteiger partial charge in [0.1, 0.15) is 17.3 Å². The lowest BCUT2D eigenvalue weighted by Crippen LogP contribution is -2.48. The number of amides is 3. The molecule has 3 amide bonds. The molecule has 2 aromatic carbocycles. The van der Waals surface area contributed by atoms with Gasteiger partial charge in [-0.2, -0.15) is 0 Å². The molecule has 2 aliphatic heterocycles. The van der Waals surface area contributed by atoms with Crippen LogP contribution < -0.4 is 15.0 Å². The number of carbonyl (C=O) groups is 2. The van der Waals surface area contributed by atoms with E-state index in [4.69, 9.17) is 4.74 Å². The van der Waals surface area contributed by atoms with E-state index in [1.807, 2.05) is 12.1 Å². The zero-order valence-corrected chi connectivity index (χ0v) is 19.7. The molecule has 1 fully saturated rings. The van der Waals surface area contributed by atoms with Crippen molar-refractivity contribution < 1.29 is 18.7 Å². The second-order valence-corrected chi connectivity index (χ2v) is 9.29. The van der Waals surface area contributed by atoms with Crippen LogP contribution in [0.1, 0.15) is 56.7 Å². The second-order valence-electron chi connectivity index (χ2n) is 9.29. The smallest absolute Gasteiger partial charge is 0.329 e. The SMILES string of the molecule is CCN1c2cc(OC)c(/C=C3/NC(=O)N(Cc4ccccc4F)C3=O)cc2C(C)CC1(C)C. The van der Waals surface area contributed by atoms with E-state index in [-0.39, 0.29) is 23.3 Å². The van der Waals surface area contributed by atoms with Gasteiger partial charge in [-0.15, -0.1) is 0 Å². The summed E-state index contributed by atoms with van der Waals surface area (Å²) in [5.74, 6) is 0.00292. The first-order chi connectivity index (χ1) is 15.7. The topological polar surface area (TPSA) is 61.9 Å². The Hall–Kier alpha value is -3.35. The second kappa shape index (κ2) is 8.54. The minimum atomic E-state index is -0.571. The Bertz CT molecular complexity index is 1140. The van der Waals surface area contributed by atoms with Crippen LogP contribution in [0.5, 0.6) is 5.75 Å². The molecule has 1 unspecified atom stereocenters. The van der Waals surface area contributed by atoms with E-state index >= 15 is 0 Å². The minimum Gasteiger partial charge on any atom is -0.496 e. The van der Waals surface area contributed by atoms with E-state index < -0.39 is 17.8 Å². The molecule has 2 aliphatic rings. The maximum absolute atomic E-state index is 14.0. The minimum absolute atomic E-state index is 0.0226. The number of fused-ring (bicyclic) bond motifs is 1. The monoisotopic (exact) mass is 451 g/mol. The molecule has 33 heavy (non-hydrogen) atoms. The van der Waals surface area contributed by atoms with Crippen LogP contribution in [0.3, 0.4) is 0 Å². The highest BCUT2D eigenvalue weighted by Crippen LogP contribution is 2.46. The Morgan fingerprint density at radius 3 is 2.64 bits per heavy atom. The fraction of sp³-hybridized carbons (Fsp3) is 0.385. The molecular formula is C26H30FN3O3. The number of nitrogens with zero attached hydrogens (tertiary/aromatic N) is 2. The molecule has 6 nitrogen and oxygen atoms in total. The first-order valence-electron chi connectivity index (χ1n) is 11.2. The van der Waals surface area contributed by atoms with Crippen molar-refractivity contribution in [3.63, 3.8) is 0 Å². The van der Waals surface area contributed by atoms with Gasteiger partial charge in [-0.05, 0) is 56.9 Å². The van der Waals surface area contributed by atoms with Crippen molar-refractivity contribution in [3.8, 4) is 5.75 Å². The molecule has 0 aromatic heterocycles. The summed E-state index contributed by atoms with van der Waals surface area (Å²) < 4.78 is 19.7. The van der Waals surface area contributed by atoms with Crippen LogP contribution in [-0.4, -0.2) is 36.0 Å². The van der Waals surface area contributed by atoms with Crippen LogP contribution in [0.2, 0.25) is 0 Å². The number of carbonyl (C=O) groups excluding carboxylic acids is 2. The number of methoxy groups -OCH3 is 1. The van der Waals surface area contributed by atoms with Gasteiger partial charge in [0.05, 0.1) is 13.7 Å². The van der Waals surface area contributed by atoms with Crippen molar-refractivity contribution in [1.29, 1.82) is 0 Å². The zero-order valence-electron chi connectivity index (χ0n) is 19.7. The van der Waals surface area contributed by atoms with Gasteiger partial charge in [0.15, 0.2) is 0 Å². The largest absolute Gasteiger partial charge is 0.496 e. The lowest BCUT2D eigenvalue weighted by atomic mass is 9.79. The first kappa shape index (κ1) is 22.8. The number of halogens is 1. The maximum Gasteiger partial charge on any atom is 0.329 e. The highest BCUT2D eigenvalue weighted by atomic mass is 19.1. The Morgan fingerprint density at radius 2 is 1.97 bits per heavy atom. The number of urea groups is 1. The molecule has 0 aliphatic carbocycles. The van der Waals surface area contributed by atoms with Gasteiger partial charge in [0.25, 0.3) is 5.91 Å². The number of ether oxygens (including phenoxy) is 1. The highest BCUT2D eigenvalue weighted by Gasteiger charge is 2.37. The number of nitrogens with one attached hydrogen (secondary N) is 1. The van der Waals surface area contributed by atoms with Gasteiger partial charge >= 0.3 is 6.03 Å². The third-order valence-corrected chi connectivity index (χ3v) is 6.60. The third kappa shape index (κ3) is 4.08. The normalized spacial score (nSPS) is 20.8. The lowest BCUT2D eigenvalue weighted by molar-refractivity contribution is -0.123. The molecule has 0 saturated carbocycles. The number of benzene rings is 2. The van der Waals surface area contributed by atoms with Crippen molar-refractivity contribution in [1.82, 2.24) is 10.2 Å². The maximum atomic E-state index is 14.0. The molecule has 174 valence electrons. The van der Waals surface area contributed by atoms with E-state index in [1.165, 1.54) is 11.6 Å². The van der Waals surface area contributed by atoms with Crippen LogP contribution in [-0.2, 0) is 11.3 Å². The lowest BCUT2D eigenvalue weighted by Gasteiger charge is -2.47. The quantitative estimate of drug-likeness (QED) is 0.511. The summed E-state index contributed by atoms with van der Waals surface area (Å²) >= 11 is 0. The Morgan fingerprint density at radius 1 is 1.24 bits per heavy atom. The standard InChI is InChI=1S/C26H30FN3O3/c1-6-30-22-13-23(33-5)18(11-19(22)16(2)14-26(30,3)4)12-21-24(31)29(25(32)28-21)15-17-9-7-8-10-20(17)27/h7-13,16H,6,14-15H2,1-5H3,(H,28,32)/b21-12+. The van der Waals surface area contributed by atoms with Crippen molar-refractivity contribution in [3.05, 3.63) is 64.6 Å². The van der Waals surface area contributed by atoms with Crippen molar-refractivity contribution in [2.45, 2.75) is 52.1 Å². The third-order valence-electron chi connectivity index (χ3n) is 6.60. The Kier molecular flexibility index (Phi) is 5.91. The van der Waals surface area contributed by atoms with Gasteiger partial charge in [0.2, 0.25) is 0 Å². The molecule has 1 N–H and O–H groups in total. The van der Waals surface area contributed by atoms with Crippen LogP contribution >= 0.6 is 0 Å². The summed E-state index contributed by atoms with van der Waals surface area (Å²) in [5, 5.41) is 2.63. The van der Waals surface area contributed by atoms with Gasteiger partial charge in [-0.1, -0.05) is 25.1 Å². The van der Waals surface area contributed by atoms with Gasteiger partial charge < -0.3 is 15.0 Å². The number of rotatable bonds is 5. The number of hydrogen-bond donors (Lipinski definition) is 1. The molecule has 0 spiro atoms. The van der Waals surface area contributed by atoms with E-state index in [0.717, 1.165) is 29.1 Å². The zero-order chi connectivity index (χ0) is 23.9. The van der Waals surface area contributed by atoms with Crippen LogP contribution in [0.4, 0.5) is 14.9 Å². The van der Waals surface area contributed by atoms with Gasteiger partial charge in [0, 0.05) is 35.0 Å². The first-order valence-corrected chi connectivity index (χ1v) is 11.2. The van der Waals surface area contributed by atoms with Gasteiger partial charge in [-0.3, -0.25) is 9.69 Å². The predicted molar refractivity (Wildman–Crippen MR) is 127 cm³/mol. The predicted octanol–water partition coefficient (Wildman–Crippen LogP) is 5.04. The van der Waals surface area contributed by atoms with E-state index in [9.17, 15) is 14.0 Å². The van der Waals surface area contributed by atoms with E-state index in [1.54, 1.807) is 31.4 Å².